The van der Waals surface area contributed by atoms with Crippen LogP contribution in [0, 0.1) is 0 Å². The van der Waals surface area contributed by atoms with Gasteiger partial charge in [-0.2, -0.15) is 13.2 Å². The molecule has 0 radical (unpaired) electrons. The molecular formula is C11H14F3NO3. The van der Waals surface area contributed by atoms with Crippen LogP contribution in [0.5, 0.6) is 17.2 Å². The molecule has 2 N–H and O–H groups in total. The van der Waals surface area contributed by atoms with Crippen molar-refractivity contribution in [3.05, 3.63) is 17.7 Å². The van der Waals surface area contributed by atoms with Crippen molar-refractivity contribution in [2.75, 3.05) is 20.8 Å². The molecule has 0 spiro atoms. The molecule has 0 saturated heterocycles. The molecule has 1 aromatic carbocycles. The molecule has 4 nitrogen and oxygen atoms in total. The maximum atomic E-state index is 12.0. The van der Waals surface area contributed by atoms with Gasteiger partial charge in [-0.05, 0) is 17.7 Å². The van der Waals surface area contributed by atoms with Crippen LogP contribution in [0.3, 0.4) is 0 Å². The highest BCUT2D eigenvalue weighted by molar-refractivity contribution is 5.52. The van der Waals surface area contributed by atoms with E-state index in [1.54, 1.807) is 0 Å². The molecule has 0 unspecified atom stereocenters. The molecule has 0 atom stereocenters. The molecule has 1 aromatic rings. The van der Waals surface area contributed by atoms with E-state index in [1.807, 2.05) is 0 Å². The second kappa shape index (κ2) is 5.81. The van der Waals surface area contributed by atoms with Crippen molar-refractivity contribution >= 4 is 0 Å². The molecule has 0 heterocycles. The van der Waals surface area contributed by atoms with Crippen molar-refractivity contribution < 1.29 is 27.8 Å². The predicted molar refractivity (Wildman–Crippen MR) is 59.0 cm³/mol. The quantitative estimate of drug-likeness (QED) is 0.855. The Morgan fingerprint density at radius 1 is 1.17 bits per heavy atom. The minimum Gasteiger partial charge on any atom is -0.502 e. The number of rotatable bonds is 5. The average Bonchev–Trinajstić information content (AvgIpc) is 2.29. The first-order valence-electron chi connectivity index (χ1n) is 5.08. The lowest BCUT2D eigenvalue weighted by Crippen LogP contribution is -2.28. The van der Waals surface area contributed by atoms with E-state index in [4.69, 9.17) is 9.47 Å². The summed E-state index contributed by atoms with van der Waals surface area (Å²) in [6.45, 7) is -1.09. The zero-order valence-corrected chi connectivity index (χ0v) is 9.97. The van der Waals surface area contributed by atoms with Crippen LogP contribution in [0.25, 0.3) is 0 Å². The Labute approximate surface area is 102 Å². The fraction of sp³-hybridized carbons (Fsp3) is 0.455. The van der Waals surface area contributed by atoms with Crippen molar-refractivity contribution in [1.82, 2.24) is 5.32 Å². The molecule has 0 aliphatic heterocycles. The van der Waals surface area contributed by atoms with E-state index in [1.165, 1.54) is 26.4 Å². The van der Waals surface area contributed by atoms with E-state index in [-0.39, 0.29) is 23.8 Å². The van der Waals surface area contributed by atoms with Gasteiger partial charge in [0.05, 0.1) is 20.8 Å². The van der Waals surface area contributed by atoms with Crippen molar-refractivity contribution in [2.24, 2.45) is 0 Å². The second-order valence-electron chi connectivity index (χ2n) is 3.57. The normalized spacial score (nSPS) is 11.4. The van der Waals surface area contributed by atoms with Crippen LogP contribution in [0.15, 0.2) is 12.1 Å². The maximum absolute atomic E-state index is 12.0. The first-order valence-corrected chi connectivity index (χ1v) is 5.08. The van der Waals surface area contributed by atoms with Crippen LogP contribution in [0.1, 0.15) is 5.56 Å². The third kappa shape index (κ3) is 3.99. The van der Waals surface area contributed by atoms with Gasteiger partial charge >= 0.3 is 6.18 Å². The molecule has 0 saturated carbocycles. The monoisotopic (exact) mass is 265 g/mol. The Hall–Kier alpha value is -1.63. The minimum absolute atomic E-state index is 0.00743. The van der Waals surface area contributed by atoms with Crippen LogP contribution in [-0.4, -0.2) is 32.0 Å². The smallest absolute Gasteiger partial charge is 0.401 e. The lowest BCUT2D eigenvalue weighted by Gasteiger charge is -2.12. The highest BCUT2D eigenvalue weighted by atomic mass is 19.4. The number of alkyl halides is 3. The van der Waals surface area contributed by atoms with Gasteiger partial charge in [0.25, 0.3) is 0 Å². The number of phenols is 1. The standard InChI is InChI=1S/C11H14F3NO3/c1-17-8-3-7(4-9(18-2)10(8)16)5-15-6-11(12,13)14/h3-4,15-16H,5-6H2,1-2H3. The molecule has 102 valence electrons. The highest BCUT2D eigenvalue weighted by Crippen LogP contribution is 2.37. The van der Waals surface area contributed by atoms with E-state index in [2.05, 4.69) is 5.32 Å². The van der Waals surface area contributed by atoms with Gasteiger partial charge in [0.2, 0.25) is 5.75 Å². The third-order valence-corrected chi connectivity index (χ3v) is 2.19. The number of aromatic hydroxyl groups is 1. The zero-order valence-electron chi connectivity index (χ0n) is 9.97. The van der Waals surface area contributed by atoms with Gasteiger partial charge in [-0.15, -0.1) is 0 Å². The number of hydrogen-bond acceptors (Lipinski definition) is 4. The second-order valence-corrected chi connectivity index (χ2v) is 3.57. The van der Waals surface area contributed by atoms with Gasteiger partial charge in [-0.1, -0.05) is 0 Å². The number of phenolic OH excluding ortho intramolecular Hbond substituents is 1. The predicted octanol–water partition coefficient (Wildman–Crippen LogP) is 2.06. The summed E-state index contributed by atoms with van der Waals surface area (Å²) in [5, 5.41) is 11.9. The first-order chi connectivity index (χ1) is 8.37. The van der Waals surface area contributed by atoms with E-state index >= 15 is 0 Å². The van der Waals surface area contributed by atoms with Crippen molar-refractivity contribution in [1.29, 1.82) is 0 Å². The Morgan fingerprint density at radius 3 is 2.06 bits per heavy atom. The molecule has 0 amide bonds. The van der Waals surface area contributed by atoms with E-state index in [9.17, 15) is 18.3 Å². The molecule has 0 fully saturated rings. The van der Waals surface area contributed by atoms with Gasteiger partial charge in [0, 0.05) is 6.54 Å². The Kier molecular flexibility index (Phi) is 4.66. The molecule has 7 heteroatoms. The number of halogens is 3. The van der Waals surface area contributed by atoms with Gasteiger partial charge in [0.15, 0.2) is 11.5 Å². The van der Waals surface area contributed by atoms with Gasteiger partial charge in [0.1, 0.15) is 0 Å². The zero-order chi connectivity index (χ0) is 13.8. The number of ether oxygens (including phenoxy) is 2. The van der Waals surface area contributed by atoms with Crippen LogP contribution in [0.2, 0.25) is 0 Å². The summed E-state index contributed by atoms with van der Waals surface area (Å²) >= 11 is 0. The third-order valence-electron chi connectivity index (χ3n) is 2.19. The molecule has 18 heavy (non-hydrogen) atoms. The van der Waals surface area contributed by atoms with E-state index < -0.39 is 12.7 Å². The number of benzene rings is 1. The topological polar surface area (TPSA) is 50.7 Å². The molecule has 1 rings (SSSR count). The van der Waals surface area contributed by atoms with Gasteiger partial charge in [-0.25, -0.2) is 0 Å². The number of nitrogens with one attached hydrogen (secondary N) is 1. The fourth-order valence-corrected chi connectivity index (χ4v) is 1.40. The first kappa shape index (κ1) is 14.4. The van der Waals surface area contributed by atoms with Crippen molar-refractivity contribution in [3.8, 4) is 17.2 Å². The lowest BCUT2D eigenvalue weighted by atomic mass is 10.2. The van der Waals surface area contributed by atoms with Crippen molar-refractivity contribution in [3.63, 3.8) is 0 Å². The Balaban J connectivity index is 2.77. The number of hydrogen-bond donors (Lipinski definition) is 2. The SMILES string of the molecule is COc1cc(CNCC(F)(F)F)cc(OC)c1O. The van der Waals surface area contributed by atoms with Crippen LogP contribution >= 0.6 is 0 Å². The summed E-state index contributed by atoms with van der Waals surface area (Å²) in [5.41, 5.74) is 0.519. The molecule has 0 bridgehead atoms. The van der Waals surface area contributed by atoms with Gasteiger partial charge in [-0.3, -0.25) is 0 Å². The summed E-state index contributed by atoms with van der Waals surface area (Å²) in [6, 6.07) is 2.89. The fourth-order valence-electron chi connectivity index (χ4n) is 1.40. The van der Waals surface area contributed by atoms with Crippen LogP contribution in [0.4, 0.5) is 13.2 Å². The van der Waals surface area contributed by atoms with Crippen LogP contribution < -0.4 is 14.8 Å². The lowest BCUT2D eigenvalue weighted by molar-refractivity contribution is -0.125. The average molecular weight is 265 g/mol. The molecule has 0 aromatic heterocycles. The Bertz CT molecular complexity index is 382. The Morgan fingerprint density at radius 2 is 1.67 bits per heavy atom. The summed E-state index contributed by atoms with van der Waals surface area (Å²) in [4.78, 5) is 0. The minimum atomic E-state index is -4.26. The molecular weight excluding hydrogens is 251 g/mol. The van der Waals surface area contributed by atoms with Gasteiger partial charge < -0.3 is 19.9 Å². The largest absolute Gasteiger partial charge is 0.502 e. The van der Waals surface area contributed by atoms with Crippen molar-refractivity contribution in [2.45, 2.75) is 12.7 Å². The summed E-state index contributed by atoms with van der Waals surface area (Å²) in [7, 11) is 2.70. The highest BCUT2D eigenvalue weighted by Gasteiger charge is 2.26. The van der Waals surface area contributed by atoms with E-state index in [0.717, 1.165) is 0 Å². The maximum Gasteiger partial charge on any atom is 0.401 e. The van der Waals surface area contributed by atoms with E-state index in [0.29, 0.717) is 5.56 Å². The summed E-state index contributed by atoms with van der Waals surface area (Å²) < 4.78 is 45.7. The molecule has 0 aliphatic carbocycles. The molecule has 0 aliphatic rings. The number of methoxy groups -OCH3 is 2. The van der Waals surface area contributed by atoms with Crippen LogP contribution in [-0.2, 0) is 6.54 Å². The summed E-state index contributed by atoms with van der Waals surface area (Å²) in [6.07, 6.45) is -4.26. The summed E-state index contributed by atoms with van der Waals surface area (Å²) in [5.74, 6) is 0.121.